The number of carbonyl (C=O) groups excluding carboxylic acids is 1. The van der Waals surface area contributed by atoms with Gasteiger partial charge in [-0.1, -0.05) is 0 Å². The maximum absolute atomic E-state index is 13.0. The normalized spacial score (nSPS) is 12.9. The SMILES string of the molecule is CC(C)OC(=S)SN(C(=O)c1cc(C(F)(F)F)cc(C(F)(F)F)c1)C(C)(C)C. The summed E-state index contributed by atoms with van der Waals surface area (Å²) < 4.78 is 84.5. The molecule has 0 spiro atoms. The minimum atomic E-state index is -5.05. The number of amides is 1. The lowest BCUT2D eigenvalue weighted by molar-refractivity contribution is -0.143. The average Bonchev–Trinajstić information content (AvgIpc) is 2.48. The summed E-state index contributed by atoms with van der Waals surface area (Å²) in [5.74, 6) is -1.05. The number of hydrogen-bond acceptors (Lipinski definition) is 4. The number of ether oxygens (including phenoxy) is 1. The van der Waals surface area contributed by atoms with Crippen LogP contribution >= 0.6 is 24.2 Å². The molecule has 0 saturated carbocycles. The average molecular weight is 447 g/mol. The van der Waals surface area contributed by atoms with Gasteiger partial charge in [-0.3, -0.25) is 9.10 Å². The second-order valence-corrected chi connectivity index (χ2v) is 8.62. The third kappa shape index (κ3) is 6.84. The molecule has 0 aliphatic rings. The minimum absolute atomic E-state index is 0.0299. The van der Waals surface area contributed by atoms with Crippen molar-refractivity contribution in [3.8, 4) is 0 Å². The Morgan fingerprint density at radius 3 is 1.75 bits per heavy atom. The standard InChI is InChI=1S/C17H19F6NO2S2/c1-9(2)26-14(27)28-24(15(3,4)5)13(25)10-6-11(16(18,19)20)8-12(7-10)17(21,22)23/h6-9H,1-5H3. The number of rotatable bonds is 2. The lowest BCUT2D eigenvalue weighted by Crippen LogP contribution is -2.42. The zero-order chi connectivity index (χ0) is 22.1. The number of carbonyl (C=O) groups is 1. The molecule has 1 rings (SSSR count). The largest absolute Gasteiger partial charge is 0.475 e. The molecule has 11 heteroatoms. The molecule has 28 heavy (non-hydrogen) atoms. The molecule has 0 saturated heterocycles. The highest BCUT2D eigenvalue weighted by atomic mass is 32.2. The van der Waals surface area contributed by atoms with E-state index in [1.165, 1.54) is 0 Å². The van der Waals surface area contributed by atoms with E-state index in [1.54, 1.807) is 34.6 Å². The van der Waals surface area contributed by atoms with Gasteiger partial charge < -0.3 is 4.74 Å². The van der Waals surface area contributed by atoms with Crippen LogP contribution < -0.4 is 0 Å². The van der Waals surface area contributed by atoms with Crippen molar-refractivity contribution in [1.82, 2.24) is 4.31 Å². The van der Waals surface area contributed by atoms with Gasteiger partial charge in [-0.05, 0) is 65.0 Å². The van der Waals surface area contributed by atoms with E-state index in [2.05, 4.69) is 0 Å². The molecule has 1 aromatic rings. The molecule has 0 aromatic heterocycles. The number of nitrogens with zero attached hydrogens (tertiary/aromatic N) is 1. The maximum atomic E-state index is 13.0. The molecule has 0 radical (unpaired) electrons. The van der Waals surface area contributed by atoms with Crippen molar-refractivity contribution in [2.75, 3.05) is 0 Å². The van der Waals surface area contributed by atoms with Crippen LogP contribution in [0.1, 0.15) is 56.1 Å². The van der Waals surface area contributed by atoms with E-state index in [0.29, 0.717) is 24.1 Å². The summed E-state index contributed by atoms with van der Waals surface area (Å²) in [6.07, 6.45) is -10.4. The Kier molecular flexibility index (Phi) is 7.43. The maximum Gasteiger partial charge on any atom is 0.416 e. The van der Waals surface area contributed by atoms with Gasteiger partial charge in [0.2, 0.25) is 4.38 Å². The Morgan fingerprint density at radius 1 is 1.00 bits per heavy atom. The third-order valence-electron chi connectivity index (χ3n) is 3.13. The first-order chi connectivity index (χ1) is 12.4. The van der Waals surface area contributed by atoms with Crippen molar-refractivity contribution in [1.29, 1.82) is 0 Å². The van der Waals surface area contributed by atoms with Crippen LogP contribution in [0.4, 0.5) is 26.3 Å². The first kappa shape index (κ1) is 24.5. The van der Waals surface area contributed by atoms with Gasteiger partial charge in [0.25, 0.3) is 5.91 Å². The highest BCUT2D eigenvalue weighted by molar-refractivity contribution is 8.21. The fraction of sp³-hybridized carbons (Fsp3) is 0.529. The molecule has 0 unspecified atom stereocenters. The number of benzene rings is 1. The number of thiocarbonyl (C=S) groups is 1. The fourth-order valence-electron chi connectivity index (χ4n) is 1.97. The van der Waals surface area contributed by atoms with Crippen molar-refractivity contribution in [3.05, 3.63) is 34.9 Å². The van der Waals surface area contributed by atoms with Gasteiger partial charge in [0.1, 0.15) is 0 Å². The quantitative estimate of drug-likeness (QED) is 0.301. The van der Waals surface area contributed by atoms with E-state index < -0.39 is 40.5 Å². The van der Waals surface area contributed by atoms with Gasteiger partial charge in [-0.15, -0.1) is 0 Å². The first-order valence-electron chi connectivity index (χ1n) is 7.95. The molecule has 0 bridgehead atoms. The Balaban J connectivity index is 3.44. The highest BCUT2D eigenvalue weighted by Crippen LogP contribution is 2.37. The van der Waals surface area contributed by atoms with E-state index in [0.717, 1.165) is 4.31 Å². The van der Waals surface area contributed by atoms with Crippen molar-refractivity contribution < 1.29 is 35.9 Å². The van der Waals surface area contributed by atoms with Gasteiger partial charge in [0.15, 0.2) is 0 Å². The van der Waals surface area contributed by atoms with Crippen molar-refractivity contribution >= 4 is 34.5 Å². The molecule has 3 nitrogen and oxygen atoms in total. The summed E-state index contributed by atoms with van der Waals surface area (Å²) in [5, 5.41) is 0. The van der Waals surface area contributed by atoms with Crippen LogP contribution in [0.15, 0.2) is 18.2 Å². The van der Waals surface area contributed by atoms with Crippen LogP contribution in [0, 0.1) is 0 Å². The highest BCUT2D eigenvalue weighted by Gasteiger charge is 2.39. The molecule has 0 N–H and O–H groups in total. The molecule has 0 fully saturated rings. The van der Waals surface area contributed by atoms with Gasteiger partial charge in [0, 0.05) is 23.1 Å². The Hall–Kier alpha value is -1.49. The van der Waals surface area contributed by atoms with Crippen molar-refractivity contribution in [3.63, 3.8) is 0 Å². The van der Waals surface area contributed by atoms with E-state index >= 15 is 0 Å². The fourth-order valence-corrected chi connectivity index (χ4v) is 3.23. The Morgan fingerprint density at radius 2 is 1.43 bits per heavy atom. The summed E-state index contributed by atoms with van der Waals surface area (Å²) in [6.45, 7) is 8.05. The minimum Gasteiger partial charge on any atom is -0.475 e. The van der Waals surface area contributed by atoms with Crippen LogP contribution in [0.2, 0.25) is 0 Å². The van der Waals surface area contributed by atoms with Gasteiger partial charge in [-0.2, -0.15) is 26.3 Å². The summed E-state index contributed by atoms with van der Waals surface area (Å²) in [5.41, 5.74) is -4.85. The van der Waals surface area contributed by atoms with Crippen LogP contribution in [0.5, 0.6) is 0 Å². The van der Waals surface area contributed by atoms with Crippen LogP contribution in [0.3, 0.4) is 0 Å². The second kappa shape index (κ2) is 8.48. The molecule has 1 amide bonds. The molecular formula is C17H19F6NO2S2. The number of hydrogen-bond donors (Lipinski definition) is 0. The topological polar surface area (TPSA) is 29.5 Å². The monoisotopic (exact) mass is 447 g/mol. The molecule has 158 valence electrons. The zero-order valence-electron chi connectivity index (χ0n) is 15.7. The van der Waals surface area contributed by atoms with Crippen molar-refractivity contribution in [2.45, 2.75) is 58.6 Å². The Labute approximate surface area is 168 Å². The first-order valence-corrected chi connectivity index (χ1v) is 9.13. The van der Waals surface area contributed by atoms with E-state index in [4.69, 9.17) is 17.0 Å². The van der Waals surface area contributed by atoms with Crippen molar-refractivity contribution in [2.24, 2.45) is 0 Å². The van der Waals surface area contributed by atoms with Gasteiger partial charge in [-0.25, -0.2) is 0 Å². The lowest BCUT2D eigenvalue weighted by atomic mass is 10.0. The van der Waals surface area contributed by atoms with Crippen LogP contribution in [-0.2, 0) is 17.1 Å². The molecular weight excluding hydrogens is 428 g/mol. The van der Waals surface area contributed by atoms with E-state index in [-0.39, 0.29) is 16.6 Å². The predicted molar refractivity (Wildman–Crippen MR) is 98.8 cm³/mol. The van der Waals surface area contributed by atoms with Gasteiger partial charge >= 0.3 is 12.4 Å². The molecule has 0 atom stereocenters. The lowest BCUT2D eigenvalue weighted by Gasteiger charge is -2.34. The summed E-state index contributed by atoms with van der Waals surface area (Å²) in [7, 11) is 0. The number of halogens is 6. The van der Waals surface area contributed by atoms with E-state index in [9.17, 15) is 31.1 Å². The molecule has 0 aliphatic heterocycles. The third-order valence-corrected chi connectivity index (χ3v) is 4.59. The Bertz CT molecular complexity index is 706. The predicted octanol–water partition coefficient (Wildman–Crippen LogP) is 6.32. The molecule has 1 aromatic carbocycles. The van der Waals surface area contributed by atoms with Gasteiger partial charge in [0.05, 0.1) is 17.2 Å². The molecule has 0 heterocycles. The summed E-state index contributed by atoms with van der Waals surface area (Å²) >= 11 is 5.64. The van der Waals surface area contributed by atoms with Crippen LogP contribution in [0.25, 0.3) is 0 Å². The smallest absolute Gasteiger partial charge is 0.416 e. The molecule has 0 aliphatic carbocycles. The summed E-state index contributed by atoms with van der Waals surface area (Å²) in [4.78, 5) is 12.8. The summed E-state index contributed by atoms with van der Waals surface area (Å²) in [6, 6.07) is 0.754. The second-order valence-electron chi connectivity index (χ2n) is 7.07. The zero-order valence-corrected chi connectivity index (χ0v) is 17.3. The van der Waals surface area contributed by atoms with Crippen LogP contribution in [-0.4, -0.2) is 26.2 Å². The number of alkyl halides is 6. The van der Waals surface area contributed by atoms with E-state index in [1.807, 2.05) is 0 Å².